The Hall–Kier alpha value is -2.31. The number of hydrogen-bond donors (Lipinski definition) is 2. The number of amides is 1. The van der Waals surface area contributed by atoms with Crippen molar-refractivity contribution in [2.75, 3.05) is 31.6 Å². The topological polar surface area (TPSA) is 113 Å². The van der Waals surface area contributed by atoms with Gasteiger partial charge in [-0.2, -0.15) is 4.31 Å². The lowest BCUT2D eigenvalue weighted by atomic mass is 10.1. The van der Waals surface area contributed by atoms with Crippen LogP contribution in [0.1, 0.15) is 20.7 Å². The number of carbonyl (C=O) groups is 2. The molecule has 0 unspecified atom stereocenters. The number of nitrogens with one attached hydrogen (secondary N) is 1. The van der Waals surface area contributed by atoms with Crippen LogP contribution in [-0.2, 0) is 14.8 Å². The highest BCUT2D eigenvalue weighted by molar-refractivity contribution is 7.89. The molecule has 1 aliphatic heterocycles. The molecule has 0 radical (unpaired) electrons. The number of sulfonamides is 1. The molecule has 0 saturated carbocycles. The number of carbonyl (C=O) groups excluding carboxylic acids is 1. The summed E-state index contributed by atoms with van der Waals surface area (Å²) in [6.45, 7) is 0.580. The van der Waals surface area contributed by atoms with Crippen LogP contribution in [0, 0.1) is 11.6 Å². The summed E-state index contributed by atoms with van der Waals surface area (Å²) in [5.41, 5.74) is -1.89. The van der Waals surface area contributed by atoms with Crippen molar-refractivity contribution < 1.29 is 36.6 Å². The number of carboxylic acid groups (broad SMARTS) is 1. The Morgan fingerprint density at radius 2 is 1.61 bits per heavy atom. The van der Waals surface area contributed by atoms with E-state index >= 15 is 0 Å². The lowest BCUT2D eigenvalue weighted by Crippen LogP contribution is -2.40. The van der Waals surface area contributed by atoms with Gasteiger partial charge >= 0.3 is 5.97 Å². The number of carboxylic acids is 1. The molecule has 31 heavy (non-hydrogen) atoms. The molecule has 0 spiro atoms. The normalized spacial score (nSPS) is 15.0. The Labute approximate surface area is 185 Å². The molecule has 8 nitrogen and oxygen atoms in total. The minimum absolute atomic E-state index is 0.0945. The number of benzene rings is 2. The number of morpholine rings is 1. The third kappa shape index (κ3) is 4.80. The van der Waals surface area contributed by atoms with Gasteiger partial charge < -0.3 is 15.2 Å². The predicted molar refractivity (Wildman–Crippen MR) is 107 cm³/mol. The molecule has 1 aliphatic rings. The van der Waals surface area contributed by atoms with Crippen LogP contribution < -0.4 is 5.32 Å². The average Bonchev–Trinajstić information content (AvgIpc) is 2.67. The van der Waals surface area contributed by atoms with E-state index in [0.717, 1.165) is 16.4 Å². The molecule has 0 aliphatic carbocycles. The second-order valence-electron chi connectivity index (χ2n) is 6.35. The van der Waals surface area contributed by atoms with Crippen molar-refractivity contribution in [2.45, 2.75) is 4.90 Å². The van der Waals surface area contributed by atoms with Crippen LogP contribution in [0.5, 0.6) is 0 Å². The Morgan fingerprint density at radius 3 is 2.16 bits per heavy atom. The molecule has 3 rings (SSSR count). The van der Waals surface area contributed by atoms with Gasteiger partial charge in [-0.25, -0.2) is 22.0 Å². The van der Waals surface area contributed by atoms with Crippen LogP contribution in [-0.4, -0.2) is 56.0 Å². The van der Waals surface area contributed by atoms with Crippen molar-refractivity contribution in [1.82, 2.24) is 4.31 Å². The van der Waals surface area contributed by atoms with E-state index in [-0.39, 0.29) is 46.8 Å². The zero-order valence-electron chi connectivity index (χ0n) is 15.5. The maximum absolute atomic E-state index is 13.9. The fourth-order valence-corrected chi connectivity index (χ4v) is 5.12. The van der Waals surface area contributed by atoms with E-state index < -0.39 is 44.8 Å². The minimum Gasteiger partial charge on any atom is -0.477 e. The molecular formula is C18H14Cl2F2N2O6S. The summed E-state index contributed by atoms with van der Waals surface area (Å²) in [5.74, 6) is -5.60. The number of rotatable bonds is 5. The van der Waals surface area contributed by atoms with Crippen LogP contribution >= 0.6 is 23.2 Å². The van der Waals surface area contributed by atoms with Gasteiger partial charge in [0.1, 0.15) is 22.1 Å². The zero-order chi connectivity index (χ0) is 22.9. The van der Waals surface area contributed by atoms with Gasteiger partial charge in [0, 0.05) is 18.8 Å². The quantitative estimate of drug-likeness (QED) is 0.659. The third-order valence-electron chi connectivity index (χ3n) is 4.37. The highest BCUT2D eigenvalue weighted by Crippen LogP contribution is 2.31. The summed E-state index contributed by atoms with van der Waals surface area (Å²) in [6.07, 6.45) is 0. The highest BCUT2D eigenvalue weighted by atomic mass is 35.5. The smallest absolute Gasteiger partial charge is 0.341 e. The molecule has 1 amide bonds. The lowest BCUT2D eigenvalue weighted by molar-refractivity contribution is 0.0686. The number of nitrogens with zero attached hydrogens (tertiary/aromatic N) is 1. The first-order valence-electron chi connectivity index (χ1n) is 8.63. The zero-order valence-corrected chi connectivity index (χ0v) is 17.8. The molecule has 0 atom stereocenters. The van der Waals surface area contributed by atoms with Gasteiger partial charge in [0.15, 0.2) is 0 Å². The first-order valence-corrected chi connectivity index (χ1v) is 10.8. The summed E-state index contributed by atoms with van der Waals surface area (Å²) in [4.78, 5) is 23.1. The monoisotopic (exact) mass is 494 g/mol. The summed E-state index contributed by atoms with van der Waals surface area (Å²) in [7, 11) is -4.07. The summed E-state index contributed by atoms with van der Waals surface area (Å²) in [6, 6.07) is 3.25. The molecule has 2 aromatic rings. The predicted octanol–water partition coefficient (Wildman–Crippen LogP) is 3.24. The molecule has 1 fully saturated rings. The molecule has 2 N–H and O–H groups in total. The maximum Gasteiger partial charge on any atom is 0.341 e. The van der Waals surface area contributed by atoms with Gasteiger partial charge in [-0.3, -0.25) is 4.79 Å². The molecule has 2 aromatic carbocycles. The third-order valence-corrected chi connectivity index (χ3v) is 7.04. The number of hydrogen-bond acceptors (Lipinski definition) is 5. The van der Waals surface area contributed by atoms with Gasteiger partial charge in [0.05, 0.1) is 28.8 Å². The Bertz CT molecular complexity index is 1150. The Morgan fingerprint density at radius 1 is 1.03 bits per heavy atom. The second kappa shape index (κ2) is 9.05. The second-order valence-corrected chi connectivity index (χ2v) is 9.07. The largest absolute Gasteiger partial charge is 0.477 e. The van der Waals surface area contributed by atoms with E-state index in [1.54, 1.807) is 0 Å². The van der Waals surface area contributed by atoms with Crippen molar-refractivity contribution in [3.05, 3.63) is 57.1 Å². The lowest BCUT2D eigenvalue weighted by Gasteiger charge is -2.26. The molecule has 0 bridgehead atoms. The Kier molecular flexibility index (Phi) is 6.82. The van der Waals surface area contributed by atoms with Crippen molar-refractivity contribution in [2.24, 2.45) is 0 Å². The van der Waals surface area contributed by atoms with Crippen molar-refractivity contribution in [1.29, 1.82) is 0 Å². The van der Waals surface area contributed by atoms with Crippen LogP contribution in [0.2, 0.25) is 10.0 Å². The fraction of sp³-hybridized carbons (Fsp3) is 0.222. The number of ether oxygens (including phenoxy) is 1. The van der Waals surface area contributed by atoms with Gasteiger partial charge in [-0.15, -0.1) is 0 Å². The van der Waals surface area contributed by atoms with Crippen molar-refractivity contribution in [3.8, 4) is 0 Å². The molecule has 1 heterocycles. The van der Waals surface area contributed by atoms with E-state index in [1.165, 1.54) is 0 Å². The molecule has 0 aromatic heterocycles. The van der Waals surface area contributed by atoms with Crippen LogP contribution in [0.4, 0.5) is 14.5 Å². The van der Waals surface area contributed by atoms with E-state index in [4.69, 9.17) is 33.0 Å². The van der Waals surface area contributed by atoms with Gasteiger partial charge in [-0.1, -0.05) is 23.2 Å². The minimum atomic E-state index is -4.07. The molecule has 1 saturated heterocycles. The van der Waals surface area contributed by atoms with Crippen LogP contribution in [0.15, 0.2) is 29.2 Å². The highest BCUT2D eigenvalue weighted by Gasteiger charge is 2.30. The molecular weight excluding hydrogens is 481 g/mol. The molecule has 166 valence electrons. The number of aromatic carboxylic acids is 1. The van der Waals surface area contributed by atoms with E-state index in [9.17, 15) is 26.8 Å². The van der Waals surface area contributed by atoms with Crippen LogP contribution in [0.3, 0.4) is 0 Å². The van der Waals surface area contributed by atoms with Gasteiger partial charge in [-0.05, 0) is 24.3 Å². The standard InChI is InChI=1S/C18H14Cl2F2N2O6S/c19-11-8-12(20)15(31(28,29)24-1-3-30-4-2-24)7-10(11)17(25)23-9-5-13(21)16(18(26)27)14(22)6-9/h5-8H,1-4H2,(H,23,25)(H,26,27). The Balaban J connectivity index is 1.95. The maximum atomic E-state index is 13.9. The van der Waals surface area contributed by atoms with Gasteiger partial charge in [0.2, 0.25) is 10.0 Å². The number of halogens is 4. The van der Waals surface area contributed by atoms with E-state index in [2.05, 4.69) is 5.32 Å². The van der Waals surface area contributed by atoms with Crippen molar-refractivity contribution in [3.63, 3.8) is 0 Å². The summed E-state index contributed by atoms with van der Waals surface area (Å²) >= 11 is 12.1. The fourth-order valence-electron chi connectivity index (χ4n) is 2.87. The van der Waals surface area contributed by atoms with Crippen LogP contribution in [0.25, 0.3) is 0 Å². The SMILES string of the molecule is O=C(Nc1cc(F)c(C(=O)O)c(F)c1)c1cc(S(=O)(=O)N2CCOCC2)c(Cl)cc1Cl. The van der Waals surface area contributed by atoms with E-state index in [0.29, 0.717) is 12.1 Å². The average molecular weight is 495 g/mol. The first-order chi connectivity index (χ1) is 14.5. The molecule has 13 heteroatoms. The summed E-state index contributed by atoms with van der Waals surface area (Å²) in [5, 5.41) is 10.6. The van der Waals surface area contributed by atoms with E-state index in [1.807, 2.05) is 0 Å². The van der Waals surface area contributed by atoms with Gasteiger partial charge in [0.25, 0.3) is 5.91 Å². The first kappa shape index (κ1) is 23.4. The summed E-state index contributed by atoms with van der Waals surface area (Å²) < 4.78 is 59.8. The number of anilines is 1. The van der Waals surface area contributed by atoms with Crippen molar-refractivity contribution >= 4 is 50.8 Å².